The molecule has 0 heterocycles. The van der Waals surface area contributed by atoms with E-state index in [1.165, 1.54) is 55.6 Å². The van der Waals surface area contributed by atoms with Gasteiger partial charge in [-0.15, -0.1) is 0 Å². The fraction of sp³-hybridized carbons (Fsp3) is 0.226. The summed E-state index contributed by atoms with van der Waals surface area (Å²) in [5, 5.41) is 0. The Bertz CT molecular complexity index is 1300. The molecule has 0 saturated heterocycles. The molecular weight excluding hydrogens is 386 g/mol. The molecule has 0 bridgehead atoms. The van der Waals surface area contributed by atoms with Gasteiger partial charge < -0.3 is 0 Å². The standard InChI is InChI=1S/C31H29N/c1-4-32(5-2)20-25-21(3)18-19-29-30(25)24-14-8-11-17-28(24)31(29)26-15-9-6-12-22(26)23-13-7-10-16-27(23)31/h6-19H,4-5,20H2,1-3H3. The SMILES string of the molecule is CCN(CC)Cc1c(C)ccc2c1-c1ccccc1C21c2ccccc2-c2ccccc21. The van der Waals surface area contributed by atoms with Crippen LogP contribution in [0.3, 0.4) is 0 Å². The van der Waals surface area contributed by atoms with Gasteiger partial charge in [0.05, 0.1) is 5.41 Å². The lowest BCUT2D eigenvalue weighted by atomic mass is 9.70. The zero-order valence-corrected chi connectivity index (χ0v) is 19.2. The van der Waals surface area contributed by atoms with Crippen LogP contribution in [0.5, 0.6) is 0 Å². The van der Waals surface area contributed by atoms with Crippen LogP contribution in [0.15, 0.2) is 84.9 Å². The maximum atomic E-state index is 2.53. The van der Waals surface area contributed by atoms with Crippen LogP contribution < -0.4 is 0 Å². The van der Waals surface area contributed by atoms with Crippen molar-refractivity contribution in [1.29, 1.82) is 0 Å². The molecule has 0 fully saturated rings. The second kappa shape index (κ2) is 7.18. The minimum atomic E-state index is -0.231. The van der Waals surface area contributed by atoms with Gasteiger partial charge in [0.1, 0.15) is 0 Å². The second-order valence-electron chi connectivity index (χ2n) is 9.13. The first-order valence-corrected chi connectivity index (χ1v) is 11.9. The Balaban J connectivity index is 1.75. The van der Waals surface area contributed by atoms with Crippen molar-refractivity contribution in [2.45, 2.75) is 32.7 Å². The summed E-state index contributed by atoms with van der Waals surface area (Å²) in [7, 11) is 0. The van der Waals surface area contributed by atoms with Gasteiger partial charge in [-0.05, 0) is 75.6 Å². The molecule has 0 atom stereocenters. The summed E-state index contributed by atoms with van der Waals surface area (Å²) < 4.78 is 0. The Morgan fingerprint density at radius 2 is 1.09 bits per heavy atom. The topological polar surface area (TPSA) is 3.24 Å². The minimum absolute atomic E-state index is 0.231. The van der Waals surface area contributed by atoms with Crippen molar-refractivity contribution in [3.63, 3.8) is 0 Å². The van der Waals surface area contributed by atoms with Gasteiger partial charge in [0.25, 0.3) is 0 Å². The Morgan fingerprint density at radius 1 is 0.594 bits per heavy atom. The molecule has 0 amide bonds. The van der Waals surface area contributed by atoms with Gasteiger partial charge in [0.2, 0.25) is 0 Å². The lowest BCUT2D eigenvalue weighted by Crippen LogP contribution is -2.26. The predicted octanol–water partition coefficient (Wildman–Crippen LogP) is 7.18. The third-order valence-corrected chi connectivity index (χ3v) is 7.78. The first-order chi connectivity index (χ1) is 15.7. The Kier molecular flexibility index (Phi) is 4.38. The van der Waals surface area contributed by atoms with E-state index in [4.69, 9.17) is 0 Å². The van der Waals surface area contributed by atoms with Gasteiger partial charge in [-0.1, -0.05) is 98.8 Å². The largest absolute Gasteiger partial charge is 0.300 e. The summed E-state index contributed by atoms with van der Waals surface area (Å²) >= 11 is 0. The van der Waals surface area contributed by atoms with E-state index in [-0.39, 0.29) is 5.41 Å². The van der Waals surface area contributed by atoms with Crippen molar-refractivity contribution in [1.82, 2.24) is 4.90 Å². The first kappa shape index (κ1) is 19.5. The van der Waals surface area contributed by atoms with Crippen LogP contribution in [0.4, 0.5) is 0 Å². The van der Waals surface area contributed by atoms with Crippen molar-refractivity contribution in [2.75, 3.05) is 13.1 Å². The van der Waals surface area contributed by atoms with Crippen LogP contribution in [0.1, 0.15) is 47.2 Å². The highest BCUT2D eigenvalue weighted by Gasteiger charge is 2.51. The number of aryl methyl sites for hydroxylation is 1. The fourth-order valence-corrected chi connectivity index (χ4v) is 6.24. The van der Waals surface area contributed by atoms with Crippen molar-refractivity contribution < 1.29 is 0 Å². The summed E-state index contributed by atoms with van der Waals surface area (Å²) in [6.45, 7) is 9.94. The van der Waals surface area contributed by atoms with Crippen LogP contribution in [-0.4, -0.2) is 18.0 Å². The molecule has 1 nitrogen and oxygen atoms in total. The summed E-state index contributed by atoms with van der Waals surface area (Å²) in [5.41, 5.74) is 14.0. The van der Waals surface area contributed by atoms with Crippen molar-refractivity contribution in [3.05, 3.63) is 118 Å². The number of rotatable bonds is 4. The number of hydrogen-bond donors (Lipinski definition) is 0. The normalized spacial score (nSPS) is 14.4. The number of benzene rings is 4. The van der Waals surface area contributed by atoms with Crippen molar-refractivity contribution >= 4 is 0 Å². The molecule has 4 aromatic rings. The van der Waals surface area contributed by atoms with Gasteiger partial charge in [-0.2, -0.15) is 0 Å². The van der Waals surface area contributed by atoms with Gasteiger partial charge >= 0.3 is 0 Å². The third-order valence-electron chi connectivity index (χ3n) is 7.78. The molecule has 0 saturated carbocycles. The molecule has 1 heteroatoms. The molecule has 1 spiro atoms. The Morgan fingerprint density at radius 3 is 1.66 bits per heavy atom. The molecule has 2 aliphatic rings. The Labute approximate surface area is 191 Å². The molecule has 6 rings (SSSR count). The Hall–Kier alpha value is -3.16. The highest BCUT2D eigenvalue weighted by Crippen LogP contribution is 2.63. The molecule has 2 aliphatic carbocycles. The average Bonchev–Trinajstić information content (AvgIpc) is 3.31. The van der Waals surface area contributed by atoms with Crippen molar-refractivity contribution in [3.8, 4) is 22.3 Å². The molecule has 32 heavy (non-hydrogen) atoms. The van der Waals surface area contributed by atoms with E-state index in [0.717, 1.165) is 19.6 Å². The van der Waals surface area contributed by atoms with E-state index in [1.54, 1.807) is 0 Å². The van der Waals surface area contributed by atoms with Crippen LogP contribution in [0, 0.1) is 6.92 Å². The van der Waals surface area contributed by atoms with Gasteiger partial charge in [-0.25, -0.2) is 0 Å². The summed E-state index contributed by atoms with van der Waals surface area (Å²) in [4.78, 5) is 2.53. The highest BCUT2D eigenvalue weighted by molar-refractivity contribution is 5.96. The van der Waals surface area contributed by atoms with Crippen LogP contribution in [0.2, 0.25) is 0 Å². The zero-order valence-electron chi connectivity index (χ0n) is 19.2. The summed E-state index contributed by atoms with van der Waals surface area (Å²) in [5.74, 6) is 0. The van der Waals surface area contributed by atoms with Gasteiger partial charge in [0.15, 0.2) is 0 Å². The van der Waals surface area contributed by atoms with E-state index in [1.807, 2.05) is 0 Å². The maximum Gasteiger partial charge on any atom is 0.0725 e. The van der Waals surface area contributed by atoms with Crippen LogP contribution in [-0.2, 0) is 12.0 Å². The van der Waals surface area contributed by atoms with E-state index >= 15 is 0 Å². The van der Waals surface area contributed by atoms with E-state index in [2.05, 4.69) is 111 Å². The van der Waals surface area contributed by atoms with Gasteiger partial charge in [-0.3, -0.25) is 4.90 Å². The molecule has 0 unspecified atom stereocenters. The lowest BCUT2D eigenvalue weighted by Gasteiger charge is -2.31. The molecular formula is C31H29N. The fourth-order valence-electron chi connectivity index (χ4n) is 6.24. The highest BCUT2D eigenvalue weighted by atomic mass is 15.1. The quantitative estimate of drug-likeness (QED) is 0.295. The zero-order chi connectivity index (χ0) is 21.9. The molecule has 0 N–H and O–H groups in total. The van der Waals surface area contributed by atoms with Crippen LogP contribution in [0.25, 0.3) is 22.3 Å². The lowest BCUT2D eigenvalue weighted by molar-refractivity contribution is 0.295. The average molecular weight is 416 g/mol. The van der Waals surface area contributed by atoms with E-state index in [0.29, 0.717) is 0 Å². The number of nitrogens with zero attached hydrogens (tertiary/aromatic N) is 1. The predicted molar refractivity (Wildman–Crippen MR) is 134 cm³/mol. The number of hydrogen-bond acceptors (Lipinski definition) is 1. The smallest absolute Gasteiger partial charge is 0.0725 e. The third kappa shape index (κ3) is 2.38. The van der Waals surface area contributed by atoms with Crippen LogP contribution >= 0.6 is 0 Å². The molecule has 0 aliphatic heterocycles. The minimum Gasteiger partial charge on any atom is -0.300 e. The van der Waals surface area contributed by atoms with E-state index in [9.17, 15) is 0 Å². The second-order valence-corrected chi connectivity index (χ2v) is 9.13. The first-order valence-electron chi connectivity index (χ1n) is 11.9. The molecule has 0 aromatic heterocycles. The maximum absolute atomic E-state index is 2.53. The number of fused-ring (bicyclic) bond motifs is 10. The molecule has 4 aromatic carbocycles. The van der Waals surface area contributed by atoms with Gasteiger partial charge in [0, 0.05) is 6.54 Å². The van der Waals surface area contributed by atoms with Crippen molar-refractivity contribution in [2.24, 2.45) is 0 Å². The summed E-state index contributed by atoms with van der Waals surface area (Å²) in [6, 6.07) is 32.0. The molecule has 0 radical (unpaired) electrons. The monoisotopic (exact) mass is 415 g/mol. The van der Waals surface area contributed by atoms with E-state index < -0.39 is 0 Å². The summed E-state index contributed by atoms with van der Waals surface area (Å²) in [6.07, 6.45) is 0. The molecule has 158 valence electrons.